The van der Waals surface area contributed by atoms with E-state index < -0.39 is 12.1 Å². The molecule has 1 unspecified atom stereocenters. The van der Waals surface area contributed by atoms with E-state index >= 15 is 0 Å². The topological polar surface area (TPSA) is 78.8 Å². The third kappa shape index (κ3) is 7.44. The predicted molar refractivity (Wildman–Crippen MR) is 96.5 cm³/mol. The molecule has 0 aliphatic heterocycles. The molecule has 24 heavy (non-hydrogen) atoms. The van der Waals surface area contributed by atoms with E-state index in [0.717, 1.165) is 16.5 Å². The van der Waals surface area contributed by atoms with Crippen LogP contribution in [0, 0.1) is 0 Å². The summed E-state index contributed by atoms with van der Waals surface area (Å²) in [5.74, 6) is 0.0756. The van der Waals surface area contributed by atoms with Crippen LogP contribution in [0.2, 0.25) is 0 Å². The zero-order valence-corrected chi connectivity index (χ0v) is 14.5. The van der Waals surface area contributed by atoms with Gasteiger partial charge in [0.05, 0.1) is 0 Å². The van der Waals surface area contributed by atoms with Crippen LogP contribution in [0.15, 0.2) is 42.5 Å². The van der Waals surface area contributed by atoms with Gasteiger partial charge in [-0.05, 0) is 11.5 Å². The van der Waals surface area contributed by atoms with Gasteiger partial charge in [-0.3, -0.25) is 4.79 Å². The number of rotatable bonds is 7. The number of fused-ring (bicyclic) bond motifs is 1. The van der Waals surface area contributed by atoms with E-state index in [-0.39, 0.29) is 6.42 Å². The lowest BCUT2D eigenvalue weighted by molar-refractivity contribution is -0.136. The third-order valence-corrected chi connectivity index (χ3v) is 3.25. The van der Waals surface area contributed by atoms with Crippen molar-refractivity contribution in [2.45, 2.75) is 39.3 Å². The van der Waals surface area contributed by atoms with E-state index in [1.807, 2.05) is 30.3 Å². The number of carbonyl (C=O) groups is 1. The lowest BCUT2D eigenvalue weighted by Gasteiger charge is -2.15. The van der Waals surface area contributed by atoms with Gasteiger partial charge >= 0.3 is 5.97 Å². The second-order valence-electron chi connectivity index (χ2n) is 5.75. The molecule has 5 nitrogen and oxygen atoms in total. The molecule has 0 bridgehead atoms. The van der Waals surface area contributed by atoms with Crippen LogP contribution in [0.5, 0.6) is 5.75 Å². The highest BCUT2D eigenvalue weighted by atomic mass is 16.5. The van der Waals surface area contributed by atoms with Crippen LogP contribution >= 0.6 is 0 Å². The lowest BCUT2D eigenvalue weighted by atomic mass is 10.1. The van der Waals surface area contributed by atoms with Crippen molar-refractivity contribution in [3.05, 3.63) is 42.5 Å². The van der Waals surface area contributed by atoms with E-state index in [1.165, 1.54) is 0 Å². The second-order valence-corrected chi connectivity index (χ2v) is 5.75. The lowest BCUT2D eigenvalue weighted by Crippen LogP contribution is -2.35. The summed E-state index contributed by atoms with van der Waals surface area (Å²) in [5.41, 5.74) is 0. The number of aliphatic hydroxyl groups is 1. The first-order chi connectivity index (χ1) is 11.4. The molecule has 0 aromatic heterocycles. The fourth-order valence-electron chi connectivity index (χ4n) is 1.94. The average Bonchev–Trinajstić information content (AvgIpc) is 2.58. The largest absolute Gasteiger partial charge is 0.490 e. The van der Waals surface area contributed by atoms with E-state index in [1.54, 1.807) is 6.92 Å². The minimum absolute atomic E-state index is 0.222. The van der Waals surface area contributed by atoms with Crippen molar-refractivity contribution in [2.24, 2.45) is 0 Å². The third-order valence-electron chi connectivity index (χ3n) is 3.25. The van der Waals surface area contributed by atoms with Gasteiger partial charge in [-0.2, -0.15) is 0 Å². The van der Waals surface area contributed by atoms with E-state index in [4.69, 9.17) is 9.84 Å². The molecule has 0 spiro atoms. The smallest absolute Gasteiger partial charge is 0.303 e. The first-order valence-electron chi connectivity index (χ1n) is 8.17. The number of hydrogen-bond donors (Lipinski definition) is 3. The number of nitrogens with one attached hydrogen (secondary N) is 1. The van der Waals surface area contributed by atoms with Crippen molar-refractivity contribution < 1.29 is 19.7 Å². The Morgan fingerprint density at radius 2 is 1.79 bits per heavy atom. The summed E-state index contributed by atoms with van der Waals surface area (Å²) in [7, 11) is 0. The number of aliphatic hydroxyl groups excluding tert-OH is 1. The van der Waals surface area contributed by atoms with Gasteiger partial charge in [0.25, 0.3) is 0 Å². The summed E-state index contributed by atoms with van der Waals surface area (Å²) < 4.78 is 5.72. The molecule has 0 radical (unpaired) electrons. The maximum absolute atomic E-state index is 9.84. The van der Waals surface area contributed by atoms with Gasteiger partial charge in [0.15, 0.2) is 0 Å². The van der Waals surface area contributed by atoms with Gasteiger partial charge in [-0.25, -0.2) is 0 Å². The minimum atomic E-state index is -0.745. The van der Waals surface area contributed by atoms with Crippen molar-refractivity contribution >= 4 is 16.7 Å². The van der Waals surface area contributed by atoms with Gasteiger partial charge < -0.3 is 20.3 Å². The monoisotopic (exact) mass is 333 g/mol. The van der Waals surface area contributed by atoms with E-state index in [2.05, 4.69) is 31.3 Å². The highest BCUT2D eigenvalue weighted by Crippen LogP contribution is 2.25. The second kappa shape index (κ2) is 10.6. The Hall–Kier alpha value is -2.11. The number of aliphatic carboxylic acids is 1. The van der Waals surface area contributed by atoms with Crippen LogP contribution in [0.25, 0.3) is 10.8 Å². The highest BCUT2D eigenvalue weighted by molar-refractivity contribution is 5.88. The van der Waals surface area contributed by atoms with E-state index in [0.29, 0.717) is 19.2 Å². The van der Waals surface area contributed by atoms with Crippen LogP contribution in [-0.4, -0.2) is 41.5 Å². The Morgan fingerprint density at radius 3 is 2.42 bits per heavy atom. The summed E-state index contributed by atoms with van der Waals surface area (Å²) in [4.78, 5) is 9.37. The van der Waals surface area contributed by atoms with Gasteiger partial charge in [-0.1, -0.05) is 57.2 Å². The summed E-state index contributed by atoms with van der Waals surface area (Å²) in [5, 5.41) is 23.0. The molecule has 2 aromatic rings. The summed E-state index contributed by atoms with van der Waals surface area (Å²) in [6.07, 6.45) is -0.277. The molecule has 3 N–H and O–H groups in total. The molecular weight excluding hydrogens is 306 g/mol. The van der Waals surface area contributed by atoms with Crippen molar-refractivity contribution in [1.29, 1.82) is 0 Å². The predicted octanol–water partition coefficient (Wildman–Crippen LogP) is 3.06. The molecule has 0 fully saturated rings. The zero-order valence-electron chi connectivity index (χ0n) is 14.5. The number of hydrogen-bond acceptors (Lipinski definition) is 4. The molecule has 0 heterocycles. The normalized spacial score (nSPS) is 11.7. The SMILES string of the molecule is CC(C)NCC(O)COc1cccc2ccccc12.CCC(=O)O. The van der Waals surface area contributed by atoms with E-state index in [9.17, 15) is 9.90 Å². The fourth-order valence-corrected chi connectivity index (χ4v) is 1.94. The molecule has 0 aliphatic rings. The maximum Gasteiger partial charge on any atom is 0.303 e. The maximum atomic E-state index is 9.84. The van der Waals surface area contributed by atoms with Crippen LogP contribution in [0.4, 0.5) is 0 Å². The molecule has 132 valence electrons. The molecule has 0 aliphatic carbocycles. The Bertz CT molecular complexity index is 622. The molecule has 2 rings (SSSR count). The van der Waals surface area contributed by atoms with Crippen LogP contribution < -0.4 is 10.1 Å². The van der Waals surface area contributed by atoms with Crippen LogP contribution in [0.1, 0.15) is 27.2 Å². The zero-order chi connectivity index (χ0) is 17.9. The van der Waals surface area contributed by atoms with Crippen molar-refractivity contribution in [3.63, 3.8) is 0 Å². The first kappa shape index (κ1) is 19.9. The summed E-state index contributed by atoms with van der Waals surface area (Å²) >= 11 is 0. The Morgan fingerprint density at radius 1 is 1.17 bits per heavy atom. The van der Waals surface area contributed by atoms with Gasteiger partial charge in [-0.15, -0.1) is 0 Å². The van der Waals surface area contributed by atoms with Crippen molar-refractivity contribution in [1.82, 2.24) is 5.32 Å². The molecule has 0 saturated carbocycles. The van der Waals surface area contributed by atoms with Gasteiger partial charge in [0.1, 0.15) is 18.5 Å². The summed E-state index contributed by atoms with van der Waals surface area (Å²) in [6, 6.07) is 14.4. The Kier molecular flexibility index (Phi) is 8.83. The molecule has 0 amide bonds. The number of ether oxygens (including phenoxy) is 1. The Labute approximate surface area is 143 Å². The number of carboxylic acids is 1. The molecule has 1 atom stereocenters. The standard InChI is InChI=1S/C16H21NO2.C3H6O2/c1-12(2)17-10-14(18)11-19-16-9-5-7-13-6-3-4-8-15(13)16;1-2-3(4)5/h3-9,12,14,17-18H,10-11H2,1-2H3;2H2,1H3,(H,4,5). The first-order valence-corrected chi connectivity index (χ1v) is 8.17. The van der Waals surface area contributed by atoms with Crippen LogP contribution in [0.3, 0.4) is 0 Å². The molecule has 0 saturated heterocycles. The van der Waals surface area contributed by atoms with Gasteiger partial charge in [0.2, 0.25) is 0 Å². The molecule has 2 aromatic carbocycles. The summed E-state index contributed by atoms with van der Waals surface area (Å²) in [6.45, 7) is 6.55. The quantitative estimate of drug-likeness (QED) is 0.726. The van der Waals surface area contributed by atoms with Crippen molar-refractivity contribution in [2.75, 3.05) is 13.2 Å². The van der Waals surface area contributed by atoms with Crippen LogP contribution in [-0.2, 0) is 4.79 Å². The fraction of sp³-hybridized carbons (Fsp3) is 0.421. The number of benzene rings is 2. The van der Waals surface area contributed by atoms with Gasteiger partial charge in [0, 0.05) is 24.4 Å². The average molecular weight is 333 g/mol. The van der Waals surface area contributed by atoms with Crippen molar-refractivity contribution in [3.8, 4) is 5.75 Å². The molecular formula is C19H27NO4. The Balaban J connectivity index is 0.000000505. The minimum Gasteiger partial charge on any atom is -0.490 e. The highest BCUT2D eigenvalue weighted by Gasteiger charge is 2.07. The number of carboxylic acid groups (broad SMARTS) is 1. The molecule has 5 heteroatoms.